The quantitative estimate of drug-likeness (QED) is 0.265. The summed E-state index contributed by atoms with van der Waals surface area (Å²) in [5.41, 5.74) is 0. The van der Waals surface area contributed by atoms with Crippen LogP contribution in [0.3, 0.4) is 0 Å². The van der Waals surface area contributed by atoms with Crippen LogP contribution in [-0.2, 0) is 9.47 Å². The lowest BCUT2D eigenvalue weighted by Gasteiger charge is -2.16. The van der Waals surface area contributed by atoms with E-state index in [1.165, 1.54) is 44.9 Å². The lowest BCUT2D eigenvalue weighted by molar-refractivity contribution is 0.0468. The summed E-state index contributed by atoms with van der Waals surface area (Å²) < 4.78 is 11.1. The minimum atomic E-state index is 0.472. The first-order valence-corrected chi connectivity index (χ1v) is 9.49. The van der Waals surface area contributed by atoms with Gasteiger partial charge in [-0.25, -0.2) is 0 Å². The van der Waals surface area contributed by atoms with E-state index in [4.69, 9.17) is 9.47 Å². The van der Waals surface area contributed by atoms with Crippen LogP contribution in [0.1, 0.15) is 64.7 Å². The monoisotopic (exact) mass is 327 g/mol. The third-order valence-electron chi connectivity index (χ3n) is 4.17. The number of hydrogen-bond acceptors (Lipinski definition) is 3. The molecule has 5 heteroatoms. The van der Waals surface area contributed by atoms with E-state index in [-0.39, 0.29) is 0 Å². The van der Waals surface area contributed by atoms with E-state index in [1.807, 2.05) is 0 Å². The molecule has 2 N–H and O–H groups in total. The molecule has 0 radical (unpaired) electrons. The predicted molar refractivity (Wildman–Crippen MR) is 97.2 cm³/mol. The van der Waals surface area contributed by atoms with Crippen molar-refractivity contribution in [2.45, 2.75) is 70.8 Å². The summed E-state index contributed by atoms with van der Waals surface area (Å²) in [5.74, 6) is 0.906. The van der Waals surface area contributed by atoms with Crippen LogP contribution in [-0.4, -0.2) is 52.0 Å². The molecule has 1 aliphatic carbocycles. The first-order chi connectivity index (χ1) is 11.4. The minimum Gasteiger partial charge on any atom is -0.385 e. The molecule has 1 fully saturated rings. The lowest BCUT2D eigenvalue weighted by atomic mass is 10.1. The van der Waals surface area contributed by atoms with Gasteiger partial charge in [0.15, 0.2) is 5.96 Å². The maximum absolute atomic E-state index is 6.00. The van der Waals surface area contributed by atoms with Gasteiger partial charge in [0.2, 0.25) is 0 Å². The van der Waals surface area contributed by atoms with Gasteiger partial charge in [0.25, 0.3) is 0 Å². The van der Waals surface area contributed by atoms with Crippen LogP contribution < -0.4 is 10.6 Å². The number of aliphatic imine (C=N–C) groups is 1. The Hall–Kier alpha value is -0.810. The molecule has 0 unspecified atom stereocenters. The summed E-state index contributed by atoms with van der Waals surface area (Å²) in [6.07, 6.45) is 11.7. The first-order valence-electron chi connectivity index (χ1n) is 9.49. The van der Waals surface area contributed by atoms with Gasteiger partial charge in [-0.3, -0.25) is 4.99 Å². The third kappa shape index (κ3) is 11.4. The van der Waals surface area contributed by atoms with Crippen molar-refractivity contribution < 1.29 is 9.47 Å². The molecule has 0 aromatic carbocycles. The second kappa shape index (κ2) is 14.8. The summed E-state index contributed by atoms with van der Waals surface area (Å²) in [4.78, 5) is 4.61. The maximum atomic E-state index is 6.00. The molecule has 23 heavy (non-hydrogen) atoms. The molecule has 1 saturated carbocycles. The van der Waals surface area contributed by atoms with E-state index >= 15 is 0 Å². The fourth-order valence-electron chi connectivity index (χ4n) is 2.87. The molecule has 0 spiro atoms. The highest BCUT2D eigenvalue weighted by molar-refractivity contribution is 5.79. The van der Waals surface area contributed by atoms with Crippen LogP contribution in [0.5, 0.6) is 0 Å². The Morgan fingerprint density at radius 3 is 2.48 bits per heavy atom. The zero-order valence-electron chi connectivity index (χ0n) is 15.2. The second-order valence-electron chi connectivity index (χ2n) is 6.23. The van der Waals surface area contributed by atoms with Crippen LogP contribution in [0.15, 0.2) is 4.99 Å². The average molecular weight is 328 g/mol. The van der Waals surface area contributed by atoms with Crippen LogP contribution in [0.4, 0.5) is 0 Å². The summed E-state index contributed by atoms with van der Waals surface area (Å²) in [6, 6.07) is 0. The molecule has 136 valence electrons. The van der Waals surface area contributed by atoms with Crippen LogP contribution in [0.2, 0.25) is 0 Å². The normalized spacial score (nSPS) is 17.0. The zero-order valence-corrected chi connectivity index (χ0v) is 15.2. The van der Waals surface area contributed by atoms with Gasteiger partial charge in [-0.15, -0.1) is 0 Å². The zero-order chi connectivity index (χ0) is 16.6. The largest absolute Gasteiger partial charge is 0.385 e. The van der Waals surface area contributed by atoms with E-state index in [1.54, 1.807) is 7.11 Å². The number of hydrogen-bond donors (Lipinski definition) is 2. The van der Waals surface area contributed by atoms with Gasteiger partial charge in [-0.2, -0.15) is 0 Å². The van der Waals surface area contributed by atoms with Gasteiger partial charge in [0.1, 0.15) is 0 Å². The molecule has 0 bridgehead atoms. The summed E-state index contributed by atoms with van der Waals surface area (Å²) >= 11 is 0. The van der Waals surface area contributed by atoms with E-state index < -0.39 is 0 Å². The summed E-state index contributed by atoms with van der Waals surface area (Å²) in [6.45, 7) is 6.29. The van der Waals surface area contributed by atoms with Crippen molar-refractivity contribution in [3.05, 3.63) is 0 Å². The molecule has 0 aromatic heterocycles. The Kier molecular flexibility index (Phi) is 13.0. The number of nitrogens with zero attached hydrogens (tertiary/aromatic N) is 1. The molecular formula is C18H37N3O2. The molecule has 0 atom stereocenters. The van der Waals surface area contributed by atoms with E-state index in [0.29, 0.717) is 6.10 Å². The number of methoxy groups -OCH3 is 1. The second-order valence-corrected chi connectivity index (χ2v) is 6.23. The topological polar surface area (TPSA) is 54.9 Å². The number of nitrogens with one attached hydrogen (secondary N) is 2. The van der Waals surface area contributed by atoms with Gasteiger partial charge in [-0.05, 0) is 39.0 Å². The fraction of sp³-hybridized carbons (Fsp3) is 0.944. The highest BCUT2D eigenvalue weighted by Gasteiger charge is 2.11. The van der Waals surface area contributed by atoms with Gasteiger partial charge in [0, 0.05) is 33.4 Å². The Morgan fingerprint density at radius 2 is 1.78 bits per heavy atom. The fourth-order valence-corrected chi connectivity index (χ4v) is 2.87. The number of guanidine groups is 1. The Labute approximate surface area is 142 Å². The highest BCUT2D eigenvalue weighted by atomic mass is 16.5. The Balaban J connectivity index is 2.11. The molecular weight excluding hydrogens is 290 g/mol. The van der Waals surface area contributed by atoms with Gasteiger partial charge < -0.3 is 20.1 Å². The van der Waals surface area contributed by atoms with Crippen LogP contribution >= 0.6 is 0 Å². The smallest absolute Gasteiger partial charge is 0.191 e. The Bertz CT molecular complexity index is 290. The number of ether oxygens (including phenoxy) is 2. The molecule has 0 amide bonds. The highest BCUT2D eigenvalue weighted by Crippen LogP contribution is 2.19. The van der Waals surface area contributed by atoms with E-state index in [2.05, 4.69) is 22.5 Å². The molecule has 0 saturated heterocycles. The Morgan fingerprint density at radius 1 is 1.00 bits per heavy atom. The molecule has 0 heterocycles. The van der Waals surface area contributed by atoms with Crippen molar-refractivity contribution in [3.63, 3.8) is 0 Å². The molecule has 0 aliphatic heterocycles. The van der Waals surface area contributed by atoms with Crippen molar-refractivity contribution >= 4 is 5.96 Å². The minimum absolute atomic E-state index is 0.472. The molecule has 0 aromatic rings. The van der Waals surface area contributed by atoms with Crippen molar-refractivity contribution in [2.24, 2.45) is 4.99 Å². The SMILES string of the molecule is CCNC(=NCCCCCOC)NCCOC1CCCCCC1. The maximum Gasteiger partial charge on any atom is 0.191 e. The van der Waals surface area contributed by atoms with E-state index in [0.717, 1.165) is 51.6 Å². The first kappa shape index (κ1) is 20.2. The van der Waals surface area contributed by atoms with Crippen molar-refractivity contribution in [1.82, 2.24) is 10.6 Å². The summed E-state index contributed by atoms with van der Waals surface area (Å²) in [5, 5.41) is 6.66. The summed E-state index contributed by atoms with van der Waals surface area (Å²) in [7, 11) is 1.75. The standard InChI is InChI=1S/C18H37N3O2/c1-3-19-18(20-13-9-6-10-15-22-2)21-14-16-23-17-11-7-4-5-8-12-17/h17H,3-16H2,1-2H3,(H2,19,20,21). The molecule has 5 nitrogen and oxygen atoms in total. The van der Waals surface area contributed by atoms with E-state index in [9.17, 15) is 0 Å². The lowest BCUT2D eigenvalue weighted by Crippen LogP contribution is -2.39. The van der Waals surface area contributed by atoms with Crippen molar-refractivity contribution in [3.8, 4) is 0 Å². The third-order valence-corrected chi connectivity index (χ3v) is 4.17. The van der Waals surface area contributed by atoms with Gasteiger partial charge in [-0.1, -0.05) is 25.7 Å². The predicted octanol–water partition coefficient (Wildman–Crippen LogP) is 3.10. The molecule has 1 rings (SSSR count). The van der Waals surface area contributed by atoms with Gasteiger partial charge in [0.05, 0.1) is 12.7 Å². The van der Waals surface area contributed by atoms with Crippen molar-refractivity contribution in [2.75, 3.05) is 40.0 Å². The van der Waals surface area contributed by atoms with Crippen LogP contribution in [0, 0.1) is 0 Å². The molecule has 1 aliphatic rings. The average Bonchev–Trinajstić information content (AvgIpc) is 2.83. The van der Waals surface area contributed by atoms with Crippen molar-refractivity contribution in [1.29, 1.82) is 0 Å². The van der Waals surface area contributed by atoms with Crippen LogP contribution in [0.25, 0.3) is 0 Å². The van der Waals surface area contributed by atoms with Gasteiger partial charge >= 0.3 is 0 Å². The number of unbranched alkanes of at least 4 members (excludes halogenated alkanes) is 2. The number of rotatable bonds is 11.